The minimum Gasteiger partial charge on any atom is -0.481 e. The van der Waals surface area contributed by atoms with Gasteiger partial charge in [-0.3, -0.25) is 4.79 Å². The Morgan fingerprint density at radius 1 is 1.18 bits per heavy atom. The van der Waals surface area contributed by atoms with Gasteiger partial charge >= 0.3 is 5.97 Å². The molecule has 0 amide bonds. The number of hydrogen-bond donors (Lipinski definition) is 2. The predicted molar refractivity (Wildman–Crippen MR) is 67.3 cm³/mol. The fourth-order valence-corrected chi connectivity index (χ4v) is 3.12. The standard InChI is InChI=1S/C11H23NO4S/c1-11(2,3)9-17(15,16)12-8-6-4-5-7-10(13)14/h12H,4-9H2,1-3H3,(H,13,14). The smallest absolute Gasteiger partial charge is 0.303 e. The van der Waals surface area contributed by atoms with Crippen LogP contribution in [0.15, 0.2) is 0 Å². The number of rotatable bonds is 8. The molecule has 0 radical (unpaired) electrons. The Hall–Kier alpha value is -0.620. The maximum atomic E-state index is 11.6. The molecule has 0 unspecified atom stereocenters. The Kier molecular flexibility index (Phi) is 6.70. The number of carbonyl (C=O) groups is 1. The van der Waals surface area contributed by atoms with Crippen LogP contribution in [0.25, 0.3) is 0 Å². The third-order valence-corrected chi connectivity index (χ3v) is 3.90. The van der Waals surface area contributed by atoms with E-state index in [0.29, 0.717) is 19.4 Å². The molecular formula is C11H23NO4S. The van der Waals surface area contributed by atoms with Crippen molar-refractivity contribution in [1.29, 1.82) is 0 Å². The van der Waals surface area contributed by atoms with Gasteiger partial charge in [-0.25, -0.2) is 13.1 Å². The van der Waals surface area contributed by atoms with E-state index in [9.17, 15) is 13.2 Å². The molecule has 0 heterocycles. The number of nitrogens with one attached hydrogen (secondary N) is 1. The molecule has 0 saturated carbocycles. The monoisotopic (exact) mass is 265 g/mol. The number of aliphatic carboxylic acids is 1. The van der Waals surface area contributed by atoms with E-state index in [1.165, 1.54) is 0 Å². The molecule has 0 spiro atoms. The van der Waals surface area contributed by atoms with Crippen molar-refractivity contribution in [3.63, 3.8) is 0 Å². The van der Waals surface area contributed by atoms with E-state index in [0.717, 1.165) is 6.42 Å². The van der Waals surface area contributed by atoms with Crippen molar-refractivity contribution >= 4 is 16.0 Å². The molecule has 0 aromatic heterocycles. The lowest BCUT2D eigenvalue weighted by Gasteiger charge is -2.18. The van der Waals surface area contributed by atoms with Crippen LogP contribution < -0.4 is 4.72 Å². The van der Waals surface area contributed by atoms with Crippen LogP contribution in [0.3, 0.4) is 0 Å². The summed E-state index contributed by atoms with van der Waals surface area (Å²) in [7, 11) is -3.21. The number of carboxylic acid groups (broad SMARTS) is 1. The zero-order chi connectivity index (χ0) is 13.5. The van der Waals surface area contributed by atoms with Gasteiger partial charge in [0.1, 0.15) is 0 Å². The first-order chi connectivity index (χ1) is 7.62. The largest absolute Gasteiger partial charge is 0.481 e. The van der Waals surface area contributed by atoms with Gasteiger partial charge < -0.3 is 5.11 Å². The molecule has 0 aliphatic carbocycles. The van der Waals surface area contributed by atoms with E-state index in [2.05, 4.69) is 4.72 Å². The Labute approximate surface area is 104 Å². The van der Waals surface area contributed by atoms with Crippen LogP contribution in [0.1, 0.15) is 46.5 Å². The highest BCUT2D eigenvalue weighted by atomic mass is 32.2. The third kappa shape index (κ3) is 11.6. The number of carboxylic acids is 1. The average Bonchev–Trinajstić information content (AvgIpc) is 2.06. The summed E-state index contributed by atoms with van der Waals surface area (Å²) in [5.41, 5.74) is -0.255. The van der Waals surface area contributed by atoms with Crippen LogP contribution in [-0.4, -0.2) is 31.8 Å². The summed E-state index contributed by atoms with van der Waals surface area (Å²) >= 11 is 0. The first-order valence-corrected chi connectivity index (χ1v) is 7.47. The van der Waals surface area contributed by atoms with Crippen LogP contribution in [0.4, 0.5) is 0 Å². The Morgan fingerprint density at radius 3 is 2.24 bits per heavy atom. The minimum atomic E-state index is -3.21. The maximum absolute atomic E-state index is 11.6. The van der Waals surface area contributed by atoms with Crippen LogP contribution in [0, 0.1) is 5.41 Å². The molecule has 0 rings (SSSR count). The lowest BCUT2D eigenvalue weighted by Crippen LogP contribution is -2.32. The fourth-order valence-electron chi connectivity index (χ4n) is 1.43. The lowest BCUT2D eigenvalue weighted by atomic mass is 10.0. The first-order valence-electron chi connectivity index (χ1n) is 5.81. The third-order valence-electron chi connectivity index (χ3n) is 2.01. The number of hydrogen-bond acceptors (Lipinski definition) is 3. The molecule has 0 aromatic carbocycles. The summed E-state index contributed by atoms with van der Waals surface area (Å²) in [5.74, 6) is -0.701. The van der Waals surface area contributed by atoms with Gasteiger partial charge in [-0.1, -0.05) is 27.2 Å². The normalized spacial score (nSPS) is 12.6. The van der Waals surface area contributed by atoms with E-state index >= 15 is 0 Å². The van der Waals surface area contributed by atoms with Gasteiger partial charge in [-0.05, 0) is 18.3 Å². The van der Waals surface area contributed by atoms with E-state index < -0.39 is 16.0 Å². The number of unbranched alkanes of at least 4 members (excludes halogenated alkanes) is 2. The number of sulfonamides is 1. The molecular weight excluding hydrogens is 242 g/mol. The van der Waals surface area contributed by atoms with Gasteiger partial charge in [0.15, 0.2) is 0 Å². The van der Waals surface area contributed by atoms with Gasteiger partial charge in [-0.15, -0.1) is 0 Å². The van der Waals surface area contributed by atoms with Crippen LogP contribution >= 0.6 is 0 Å². The average molecular weight is 265 g/mol. The van der Waals surface area contributed by atoms with Gasteiger partial charge in [0, 0.05) is 13.0 Å². The molecule has 17 heavy (non-hydrogen) atoms. The minimum absolute atomic E-state index is 0.106. The Balaban J connectivity index is 3.71. The van der Waals surface area contributed by atoms with E-state index in [-0.39, 0.29) is 17.6 Å². The Morgan fingerprint density at radius 2 is 1.76 bits per heavy atom. The van der Waals surface area contributed by atoms with E-state index in [4.69, 9.17) is 5.11 Å². The van der Waals surface area contributed by atoms with Crippen LogP contribution in [-0.2, 0) is 14.8 Å². The summed E-state index contributed by atoms with van der Waals surface area (Å²) < 4.78 is 25.7. The SMILES string of the molecule is CC(C)(C)CS(=O)(=O)NCCCCCC(=O)O. The highest BCUT2D eigenvalue weighted by Gasteiger charge is 2.20. The first kappa shape index (κ1) is 16.4. The summed E-state index contributed by atoms with van der Waals surface area (Å²) in [6, 6.07) is 0. The second-order valence-electron chi connectivity index (χ2n) is 5.42. The molecule has 0 aliphatic rings. The Bertz CT molecular complexity index is 330. The molecule has 102 valence electrons. The predicted octanol–water partition coefficient (Wildman–Crippen LogP) is 1.60. The summed E-state index contributed by atoms with van der Waals surface area (Å²) in [5, 5.41) is 8.42. The summed E-state index contributed by atoms with van der Waals surface area (Å²) in [6.07, 6.45) is 2.14. The van der Waals surface area contributed by atoms with Crippen molar-refractivity contribution in [2.24, 2.45) is 5.41 Å². The van der Waals surface area contributed by atoms with Crippen LogP contribution in [0.2, 0.25) is 0 Å². The summed E-state index contributed by atoms with van der Waals surface area (Å²) in [6.45, 7) is 6.01. The fraction of sp³-hybridized carbons (Fsp3) is 0.909. The van der Waals surface area contributed by atoms with Crippen molar-refractivity contribution in [3.8, 4) is 0 Å². The highest BCUT2D eigenvalue weighted by molar-refractivity contribution is 7.89. The molecule has 0 aliphatic heterocycles. The molecule has 0 bridgehead atoms. The van der Waals surface area contributed by atoms with Crippen molar-refractivity contribution < 1.29 is 18.3 Å². The highest BCUT2D eigenvalue weighted by Crippen LogP contribution is 2.15. The summed E-state index contributed by atoms with van der Waals surface area (Å²) in [4.78, 5) is 10.2. The topological polar surface area (TPSA) is 83.5 Å². The van der Waals surface area contributed by atoms with Gasteiger partial charge in [0.2, 0.25) is 10.0 Å². The molecule has 5 nitrogen and oxygen atoms in total. The van der Waals surface area contributed by atoms with Crippen molar-refractivity contribution in [1.82, 2.24) is 4.72 Å². The second kappa shape index (κ2) is 6.96. The van der Waals surface area contributed by atoms with E-state index in [1.54, 1.807) is 0 Å². The van der Waals surface area contributed by atoms with Gasteiger partial charge in [0.25, 0.3) is 0 Å². The molecule has 0 aromatic rings. The maximum Gasteiger partial charge on any atom is 0.303 e. The molecule has 0 saturated heterocycles. The van der Waals surface area contributed by atoms with E-state index in [1.807, 2.05) is 20.8 Å². The van der Waals surface area contributed by atoms with Crippen molar-refractivity contribution in [2.45, 2.75) is 46.5 Å². The molecule has 6 heteroatoms. The van der Waals surface area contributed by atoms with Crippen molar-refractivity contribution in [2.75, 3.05) is 12.3 Å². The van der Waals surface area contributed by atoms with Gasteiger partial charge in [-0.2, -0.15) is 0 Å². The quantitative estimate of drug-likeness (QED) is 0.653. The zero-order valence-corrected chi connectivity index (χ0v) is 11.6. The zero-order valence-electron chi connectivity index (χ0n) is 10.8. The van der Waals surface area contributed by atoms with Gasteiger partial charge in [0.05, 0.1) is 5.75 Å². The van der Waals surface area contributed by atoms with Crippen LogP contribution in [0.5, 0.6) is 0 Å². The second-order valence-corrected chi connectivity index (χ2v) is 7.23. The molecule has 0 fully saturated rings. The molecule has 2 N–H and O–H groups in total. The van der Waals surface area contributed by atoms with Crippen molar-refractivity contribution in [3.05, 3.63) is 0 Å². The lowest BCUT2D eigenvalue weighted by molar-refractivity contribution is -0.137. The molecule has 0 atom stereocenters.